The predicted molar refractivity (Wildman–Crippen MR) is 143 cm³/mol. The van der Waals surface area contributed by atoms with Crippen LogP contribution in [0.1, 0.15) is 87.6 Å². The third-order valence-electron chi connectivity index (χ3n) is 7.67. The highest BCUT2D eigenvalue weighted by molar-refractivity contribution is 7.92. The zero-order chi connectivity index (χ0) is 26.6. The first kappa shape index (κ1) is 26.1. The van der Waals surface area contributed by atoms with E-state index in [0.717, 1.165) is 16.6 Å². The van der Waals surface area contributed by atoms with Gasteiger partial charge < -0.3 is 4.98 Å². The van der Waals surface area contributed by atoms with Crippen LogP contribution in [0.25, 0.3) is 10.9 Å². The second-order valence-electron chi connectivity index (χ2n) is 11.0. The van der Waals surface area contributed by atoms with E-state index in [0.29, 0.717) is 47.3 Å². The Morgan fingerprint density at radius 2 is 1.69 bits per heavy atom. The topological polar surface area (TPSA) is 94.0 Å². The van der Waals surface area contributed by atoms with Crippen molar-refractivity contribution in [2.24, 2.45) is 0 Å². The molecular formula is C29H35N3O3S. The van der Waals surface area contributed by atoms with Crippen molar-refractivity contribution in [2.75, 3.05) is 6.54 Å². The molecular weight excluding hydrogens is 470 g/mol. The van der Waals surface area contributed by atoms with Gasteiger partial charge >= 0.3 is 0 Å². The molecule has 4 rings (SSSR count). The van der Waals surface area contributed by atoms with Gasteiger partial charge in [0, 0.05) is 39.7 Å². The van der Waals surface area contributed by atoms with Gasteiger partial charge in [0.25, 0.3) is 0 Å². The van der Waals surface area contributed by atoms with E-state index in [1.807, 2.05) is 13.8 Å². The molecule has 3 aromatic rings. The number of nitrogens with one attached hydrogen (secondary N) is 1. The van der Waals surface area contributed by atoms with Gasteiger partial charge in [-0.3, -0.25) is 9.69 Å². The first-order chi connectivity index (χ1) is 16.8. The third-order valence-corrected chi connectivity index (χ3v) is 9.87. The maximum Gasteiger partial charge on any atom is 0.195 e. The third kappa shape index (κ3) is 4.16. The first-order valence-corrected chi connectivity index (χ1v) is 14.1. The fourth-order valence-corrected chi connectivity index (χ4v) is 6.91. The van der Waals surface area contributed by atoms with Crippen LogP contribution < -0.4 is 0 Å². The summed E-state index contributed by atoms with van der Waals surface area (Å²) in [5.41, 5.74) is 3.19. The number of ketones is 1. The van der Waals surface area contributed by atoms with E-state index in [4.69, 9.17) is 0 Å². The summed E-state index contributed by atoms with van der Waals surface area (Å²) in [7, 11) is -3.58. The van der Waals surface area contributed by atoms with E-state index < -0.39 is 20.5 Å². The number of hydrogen-bond donors (Lipinski definition) is 1. The molecule has 0 bridgehead atoms. The minimum atomic E-state index is -3.58. The quantitative estimate of drug-likeness (QED) is 0.452. The van der Waals surface area contributed by atoms with Gasteiger partial charge in [-0.15, -0.1) is 0 Å². The van der Waals surface area contributed by atoms with Crippen LogP contribution in [-0.4, -0.2) is 48.0 Å². The van der Waals surface area contributed by atoms with Gasteiger partial charge in [-0.25, -0.2) is 8.42 Å². The number of carbonyl (C=O) groups is 1. The molecule has 2 aromatic carbocycles. The van der Waals surface area contributed by atoms with Gasteiger partial charge in [-0.05, 0) is 83.5 Å². The van der Waals surface area contributed by atoms with Crippen molar-refractivity contribution in [3.8, 4) is 6.07 Å². The fourth-order valence-electron chi connectivity index (χ4n) is 5.49. The molecule has 1 N–H and O–H groups in total. The summed E-state index contributed by atoms with van der Waals surface area (Å²) in [5, 5.41) is 9.51. The van der Waals surface area contributed by atoms with Crippen molar-refractivity contribution in [1.82, 2.24) is 9.88 Å². The number of nitrogens with zero attached hydrogens (tertiary/aromatic N) is 2. The summed E-state index contributed by atoms with van der Waals surface area (Å²) < 4.78 is 27.2. The van der Waals surface area contributed by atoms with Crippen LogP contribution in [0.3, 0.4) is 0 Å². The first-order valence-electron chi connectivity index (χ1n) is 12.6. The van der Waals surface area contributed by atoms with Gasteiger partial charge in [0.1, 0.15) is 0 Å². The van der Waals surface area contributed by atoms with E-state index in [1.165, 1.54) is 0 Å². The lowest BCUT2D eigenvalue weighted by Gasteiger charge is -2.33. The molecule has 0 saturated carbocycles. The van der Waals surface area contributed by atoms with Crippen LogP contribution in [0.4, 0.5) is 0 Å². The van der Waals surface area contributed by atoms with E-state index in [9.17, 15) is 18.5 Å². The highest BCUT2D eigenvalue weighted by Crippen LogP contribution is 2.44. The second-order valence-corrected chi connectivity index (χ2v) is 13.3. The Bertz CT molecular complexity index is 1480. The number of rotatable bonds is 7. The standard InChI is InChI=1S/C29H35N3O3S/c1-17(2)32(18(3)4)13-12-19(5)36(34,35)21-9-11-22-24(15-21)29(6,7)28-26(27(22)33)23-10-8-20(16-30)14-25(23)31-28/h8-11,14-15,17-19,31H,12-13H2,1-7H3. The predicted octanol–water partition coefficient (Wildman–Crippen LogP) is 5.58. The molecule has 0 amide bonds. The molecule has 0 radical (unpaired) electrons. The highest BCUT2D eigenvalue weighted by Gasteiger charge is 2.40. The number of aromatic nitrogens is 1. The molecule has 1 aliphatic rings. The minimum absolute atomic E-state index is 0.128. The Balaban J connectivity index is 1.73. The highest BCUT2D eigenvalue weighted by atomic mass is 32.2. The number of hydrogen-bond acceptors (Lipinski definition) is 5. The van der Waals surface area contributed by atoms with Crippen LogP contribution in [0, 0.1) is 11.3 Å². The fraction of sp³-hybridized carbons (Fsp3) is 0.448. The number of sulfone groups is 1. The maximum atomic E-state index is 13.6. The van der Waals surface area contributed by atoms with Crippen molar-refractivity contribution in [3.63, 3.8) is 0 Å². The van der Waals surface area contributed by atoms with Gasteiger partial charge in [0.15, 0.2) is 15.6 Å². The summed E-state index contributed by atoms with van der Waals surface area (Å²) in [5.74, 6) is -0.128. The zero-order valence-corrected chi connectivity index (χ0v) is 23.0. The number of aromatic amines is 1. The molecule has 190 valence electrons. The van der Waals surface area contributed by atoms with Gasteiger partial charge in [0.05, 0.1) is 27.3 Å². The monoisotopic (exact) mass is 505 g/mol. The lowest BCUT2D eigenvalue weighted by Crippen LogP contribution is -2.39. The zero-order valence-electron chi connectivity index (χ0n) is 22.1. The molecule has 0 saturated heterocycles. The smallest absolute Gasteiger partial charge is 0.195 e. The molecule has 0 fully saturated rings. The van der Waals surface area contributed by atoms with Crippen LogP contribution in [0.2, 0.25) is 0 Å². The number of carbonyl (C=O) groups excluding carboxylic acids is 1. The molecule has 1 atom stereocenters. The van der Waals surface area contributed by atoms with E-state index in [-0.39, 0.29) is 10.7 Å². The number of nitriles is 1. The molecule has 6 nitrogen and oxygen atoms in total. The summed E-state index contributed by atoms with van der Waals surface area (Å²) in [6, 6.07) is 13.0. The van der Waals surface area contributed by atoms with Crippen molar-refractivity contribution in [2.45, 2.75) is 82.5 Å². The normalized spacial score (nSPS) is 15.9. The van der Waals surface area contributed by atoms with Crippen LogP contribution in [-0.2, 0) is 15.3 Å². The average molecular weight is 506 g/mol. The van der Waals surface area contributed by atoms with Gasteiger partial charge in [0.2, 0.25) is 0 Å². The summed E-state index contributed by atoms with van der Waals surface area (Å²) >= 11 is 0. The number of benzene rings is 2. The molecule has 1 aromatic heterocycles. The Hall–Kier alpha value is -2.95. The van der Waals surface area contributed by atoms with Crippen molar-refractivity contribution < 1.29 is 13.2 Å². The molecule has 0 spiro atoms. The number of fused-ring (bicyclic) bond motifs is 4. The minimum Gasteiger partial charge on any atom is -0.357 e. The summed E-state index contributed by atoms with van der Waals surface area (Å²) in [4.78, 5) is 19.5. The Labute approximate surface area is 214 Å². The Morgan fingerprint density at radius 1 is 1.03 bits per heavy atom. The van der Waals surface area contributed by atoms with Gasteiger partial charge in [-0.1, -0.05) is 19.9 Å². The number of H-pyrrole nitrogens is 1. The van der Waals surface area contributed by atoms with Crippen molar-refractivity contribution >= 4 is 26.5 Å². The van der Waals surface area contributed by atoms with Crippen LogP contribution >= 0.6 is 0 Å². The molecule has 36 heavy (non-hydrogen) atoms. The maximum absolute atomic E-state index is 13.6. The molecule has 1 unspecified atom stereocenters. The Kier molecular flexibility index (Phi) is 6.65. The van der Waals surface area contributed by atoms with Gasteiger partial charge in [-0.2, -0.15) is 5.26 Å². The lowest BCUT2D eigenvalue weighted by molar-refractivity contribution is 0.103. The van der Waals surface area contributed by atoms with Crippen molar-refractivity contribution in [3.05, 3.63) is 64.3 Å². The SMILES string of the molecule is CC(C)N(CCC(C)S(=O)(=O)c1ccc2c(c1)C(C)(C)c1[nH]c3cc(C#N)ccc3c1C2=O)C(C)C. The Morgan fingerprint density at radius 3 is 2.31 bits per heavy atom. The van der Waals surface area contributed by atoms with E-state index in [1.54, 1.807) is 43.3 Å². The van der Waals surface area contributed by atoms with E-state index in [2.05, 4.69) is 43.6 Å². The largest absolute Gasteiger partial charge is 0.357 e. The summed E-state index contributed by atoms with van der Waals surface area (Å²) in [6.45, 7) is 15.0. The van der Waals surface area contributed by atoms with Crippen LogP contribution in [0.15, 0.2) is 41.3 Å². The summed E-state index contributed by atoms with van der Waals surface area (Å²) in [6.07, 6.45) is 0.533. The average Bonchev–Trinajstić information content (AvgIpc) is 3.22. The lowest BCUT2D eigenvalue weighted by atomic mass is 9.71. The van der Waals surface area contributed by atoms with E-state index >= 15 is 0 Å². The second kappa shape index (κ2) is 9.17. The van der Waals surface area contributed by atoms with Crippen LogP contribution in [0.5, 0.6) is 0 Å². The molecule has 7 heteroatoms. The molecule has 1 heterocycles. The molecule has 0 aliphatic heterocycles. The van der Waals surface area contributed by atoms with Crippen molar-refractivity contribution in [1.29, 1.82) is 5.26 Å². The molecule has 1 aliphatic carbocycles.